The Morgan fingerprint density at radius 3 is 2.60 bits per heavy atom. The van der Waals surface area contributed by atoms with Crippen molar-refractivity contribution in [2.75, 3.05) is 5.73 Å². The summed E-state index contributed by atoms with van der Waals surface area (Å²) in [6.07, 6.45) is 0. The Kier molecular flexibility index (Phi) is 3.18. The fraction of sp³-hybridized carbons (Fsp3) is 0.250. The zero-order valence-electron chi connectivity index (χ0n) is 11.8. The minimum absolute atomic E-state index is 0.336. The minimum Gasteiger partial charge on any atom is -0.383 e. The van der Waals surface area contributed by atoms with Crippen LogP contribution in [0.3, 0.4) is 0 Å². The van der Waals surface area contributed by atoms with Gasteiger partial charge in [0.1, 0.15) is 5.82 Å². The van der Waals surface area contributed by atoms with Gasteiger partial charge in [-0.2, -0.15) is 0 Å². The van der Waals surface area contributed by atoms with Crippen LogP contribution in [0, 0.1) is 6.92 Å². The molecule has 0 aliphatic carbocycles. The molecule has 2 heterocycles. The molecule has 0 aliphatic heterocycles. The smallest absolute Gasteiger partial charge is 0.163 e. The number of benzene rings is 1. The van der Waals surface area contributed by atoms with Gasteiger partial charge in [0, 0.05) is 32.3 Å². The van der Waals surface area contributed by atoms with Gasteiger partial charge in [0.2, 0.25) is 0 Å². The van der Waals surface area contributed by atoms with Crippen molar-refractivity contribution in [1.82, 2.24) is 9.97 Å². The van der Waals surface area contributed by atoms with E-state index in [0.29, 0.717) is 11.7 Å². The molecule has 0 unspecified atom stereocenters. The number of hydrogen-bond acceptors (Lipinski definition) is 4. The van der Waals surface area contributed by atoms with Crippen molar-refractivity contribution in [3.63, 3.8) is 0 Å². The van der Waals surface area contributed by atoms with Crippen molar-refractivity contribution in [2.24, 2.45) is 0 Å². The molecule has 0 bridgehead atoms. The summed E-state index contributed by atoms with van der Waals surface area (Å²) in [5.41, 5.74) is 9.21. The summed E-state index contributed by atoms with van der Waals surface area (Å²) >= 11 is 1.71. The van der Waals surface area contributed by atoms with Gasteiger partial charge in [-0.3, -0.25) is 0 Å². The fourth-order valence-electron chi connectivity index (χ4n) is 2.59. The number of nitrogens with zero attached hydrogens (tertiary/aromatic N) is 2. The molecule has 0 atom stereocenters. The van der Waals surface area contributed by atoms with E-state index >= 15 is 0 Å². The van der Waals surface area contributed by atoms with E-state index in [0.717, 1.165) is 22.6 Å². The Morgan fingerprint density at radius 2 is 1.90 bits per heavy atom. The first-order valence-electron chi connectivity index (χ1n) is 6.68. The number of thiophene rings is 1. The Hall–Kier alpha value is -1.94. The predicted molar refractivity (Wildman–Crippen MR) is 86.1 cm³/mol. The van der Waals surface area contributed by atoms with E-state index in [1.807, 2.05) is 19.1 Å². The third-order valence-electron chi connectivity index (χ3n) is 3.46. The third-order valence-corrected chi connectivity index (χ3v) is 4.43. The second kappa shape index (κ2) is 4.87. The lowest BCUT2D eigenvalue weighted by molar-refractivity contribution is 0.836. The molecular weight excluding hydrogens is 266 g/mol. The van der Waals surface area contributed by atoms with Crippen molar-refractivity contribution in [3.8, 4) is 11.4 Å². The summed E-state index contributed by atoms with van der Waals surface area (Å²) in [4.78, 5) is 9.18. The van der Waals surface area contributed by atoms with Gasteiger partial charge in [0.15, 0.2) is 5.82 Å². The molecule has 0 aliphatic rings. The van der Waals surface area contributed by atoms with Gasteiger partial charge in [-0.05, 0) is 18.9 Å². The highest BCUT2D eigenvalue weighted by Crippen LogP contribution is 2.33. The van der Waals surface area contributed by atoms with Gasteiger partial charge in [-0.1, -0.05) is 32.0 Å². The Labute approximate surface area is 122 Å². The van der Waals surface area contributed by atoms with Crippen LogP contribution in [0.1, 0.15) is 31.0 Å². The van der Waals surface area contributed by atoms with Crippen LogP contribution >= 0.6 is 11.3 Å². The summed E-state index contributed by atoms with van der Waals surface area (Å²) in [5.74, 6) is 1.66. The molecular formula is C16H17N3S. The van der Waals surface area contributed by atoms with Gasteiger partial charge in [0.05, 0.1) is 0 Å². The van der Waals surface area contributed by atoms with E-state index < -0.39 is 0 Å². The maximum Gasteiger partial charge on any atom is 0.163 e. The number of rotatable bonds is 2. The zero-order valence-corrected chi connectivity index (χ0v) is 12.7. The van der Waals surface area contributed by atoms with Gasteiger partial charge >= 0.3 is 0 Å². The van der Waals surface area contributed by atoms with Crippen molar-refractivity contribution < 1.29 is 0 Å². The van der Waals surface area contributed by atoms with Crippen LogP contribution < -0.4 is 5.73 Å². The maximum atomic E-state index is 6.13. The first kappa shape index (κ1) is 13.1. The number of nitrogens with two attached hydrogens (primary N) is 1. The lowest BCUT2D eigenvalue weighted by Gasteiger charge is -2.12. The van der Waals surface area contributed by atoms with E-state index in [9.17, 15) is 0 Å². The van der Waals surface area contributed by atoms with E-state index in [4.69, 9.17) is 5.73 Å². The van der Waals surface area contributed by atoms with Gasteiger partial charge in [-0.15, -0.1) is 11.3 Å². The van der Waals surface area contributed by atoms with Gasteiger partial charge < -0.3 is 5.73 Å². The zero-order chi connectivity index (χ0) is 14.3. The van der Waals surface area contributed by atoms with Crippen LogP contribution in [0.4, 0.5) is 5.82 Å². The number of aromatic nitrogens is 2. The standard InChI is InChI=1S/C16H17N3S/c1-9(2)14-10(3)18-16(19-15(14)17)12-8-20-13-7-5-4-6-11(12)13/h4-9H,1-3H3,(H2,17,18,19). The largest absolute Gasteiger partial charge is 0.383 e. The van der Waals surface area contributed by atoms with Crippen LogP contribution in [0.25, 0.3) is 21.5 Å². The highest BCUT2D eigenvalue weighted by molar-refractivity contribution is 7.17. The minimum atomic E-state index is 0.336. The maximum absolute atomic E-state index is 6.13. The van der Waals surface area contributed by atoms with E-state index in [1.165, 1.54) is 10.1 Å². The van der Waals surface area contributed by atoms with Crippen LogP contribution in [-0.2, 0) is 0 Å². The molecule has 3 aromatic rings. The molecule has 3 nitrogen and oxygen atoms in total. The highest BCUT2D eigenvalue weighted by Gasteiger charge is 2.15. The SMILES string of the molecule is Cc1nc(-c2csc3ccccc23)nc(N)c1C(C)C. The Morgan fingerprint density at radius 1 is 1.15 bits per heavy atom. The van der Waals surface area contributed by atoms with Crippen LogP contribution in [0.5, 0.6) is 0 Å². The lowest BCUT2D eigenvalue weighted by Crippen LogP contribution is -2.06. The number of fused-ring (bicyclic) bond motifs is 1. The molecule has 3 rings (SSSR count). The molecule has 0 saturated heterocycles. The average Bonchev–Trinajstić information content (AvgIpc) is 2.81. The summed E-state index contributed by atoms with van der Waals surface area (Å²) < 4.78 is 1.25. The normalized spacial score (nSPS) is 11.4. The molecule has 0 saturated carbocycles. The molecule has 2 aromatic heterocycles. The molecule has 102 valence electrons. The fourth-order valence-corrected chi connectivity index (χ4v) is 3.53. The quantitative estimate of drug-likeness (QED) is 0.759. The first-order chi connectivity index (χ1) is 9.58. The number of aryl methyl sites for hydroxylation is 1. The second-order valence-electron chi connectivity index (χ2n) is 5.23. The summed E-state index contributed by atoms with van der Waals surface area (Å²) in [6, 6.07) is 8.30. The lowest BCUT2D eigenvalue weighted by atomic mass is 10.0. The summed E-state index contributed by atoms with van der Waals surface area (Å²) in [7, 11) is 0. The van der Waals surface area contributed by atoms with Gasteiger partial charge in [-0.25, -0.2) is 9.97 Å². The average molecular weight is 283 g/mol. The second-order valence-corrected chi connectivity index (χ2v) is 6.14. The van der Waals surface area contributed by atoms with Crippen molar-refractivity contribution >= 4 is 27.2 Å². The van der Waals surface area contributed by atoms with Crippen LogP contribution in [-0.4, -0.2) is 9.97 Å². The Balaban J connectivity index is 2.20. The van der Waals surface area contributed by atoms with Crippen LogP contribution in [0.15, 0.2) is 29.6 Å². The molecule has 4 heteroatoms. The molecule has 1 aromatic carbocycles. The molecule has 0 spiro atoms. The molecule has 2 N–H and O–H groups in total. The molecule has 0 radical (unpaired) electrons. The molecule has 0 amide bonds. The van der Waals surface area contributed by atoms with Crippen molar-refractivity contribution in [1.29, 1.82) is 0 Å². The number of anilines is 1. The number of nitrogen functional groups attached to an aromatic ring is 1. The first-order valence-corrected chi connectivity index (χ1v) is 7.56. The van der Waals surface area contributed by atoms with Crippen molar-refractivity contribution in [3.05, 3.63) is 40.9 Å². The predicted octanol–water partition coefficient (Wildman–Crippen LogP) is 4.37. The third kappa shape index (κ3) is 2.06. The van der Waals surface area contributed by atoms with Crippen molar-refractivity contribution in [2.45, 2.75) is 26.7 Å². The van der Waals surface area contributed by atoms with E-state index in [1.54, 1.807) is 11.3 Å². The van der Waals surface area contributed by atoms with E-state index in [-0.39, 0.29) is 0 Å². The van der Waals surface area contributed by atoms with E-state index in [2.05, 4.69) is 41.3 Å². The van der Waals surface area contributed by atoms with Gasteiger partial charge in [0.25, 0.3) is 0 Å². The summed E-state index contributed by atoms with van der Waals surface area (Å²) in [5, 5.41) is 3.29. The molecule has 20 heavy (non-hydrogen) atoms. The Bertz CT molecular complexity index is 751. The monoisotopic (exact) mass is 283 g/mol. The highest BCUT2D eigenvalue weighted by atomic mass is 32.1. The summed E-state index contributed by atoms with van der Waals surface area (Å²) in [6.45, 7) is 6.23. The number of hydrogen-bond donors (Lipinski definition) is 1. The molecule has 0 fully saturated rings. The topological polar surface area (TPSA) is 51.8 Å². The van der Waals surface area contributed by atoms with Crippen LogP contribution in [0.2, 0.25) is 0 Å².